The molecule has 2 rings (SSSR count). The molecule has 17 heavy (non-hydrogen) atoms. The smallest absolute Gasteiger partial charge is 0.228 e. The number of benzene rings is 1. The van der Waals surface area contributed by atoms with Gasteiger partial charge in [-0.05, 0) is 30.5 Å². The van der Waals surface area contributed by atoms with E-state index < -0.39 is 11.5 Å². The number of allylic oxidation sites excluding steroid dienone is 2. The summed E-state index contributed by atoms with van der Waals surface area (Å²) in [6.45, 7) is 2.11. The molecule has 0 atom stereocenters. The maximum Gasteiger partial charge on any atom is 0.228 e. The number of carbonyl (C=O) groups excluding carboxylic acids is 2. The average molecular weight is 230 g/mol. The van der Waals surface area contributed by atoms with Crippen molar-refractivity contribution < 1.29 is 14.7 Å². The van der Waals surface area contributed by atoms with E-state index in [4.69, 9.17) is 0 Å². The Balaban J connectivity index is 2.39. The number of aryl methyl sites for hydroxylation is 1. The van der Waals surface area contributed by atoms with Crippen LogP contribution in [0.3, 0.4) is 0 Å². The van der Waals surface area contributed by atoms with Crippen LogP contribution in [0.25, 0.3) is 0 Å². The molecule has 0 heterocycles. The molecule has 1 N–H and O–H groups in total. The van der Waals surface area contributed by atoms with Gasteiger partial charge in [-0.3, -0.25) is 9.59 Å². The summed E-state index contributed by atoms with van der Waals surface area (Å²) in [6, 6.07) is 5.23. The Morgan fingerprint density at radius 1 is 1.18 bits per heavy atom. The Labute approximate surface area is 99.8 Å². The minimum absolute atomic E-state index is 0.296. The second-order valence-corrected chi connectivity index (χ2v) is 4.21. The molecular weight excluding hydrogens is 216 g/mol. The maximum atomic E-state index is 11.7. The van der Waals surface area contributed by atoms with E-state index in [1.807, 2.05) is 6.07 Å². The molecule has 0 amide bonds. The summed E-state index contributed by atoms with van der Waals surface area (Å²) in [7, 11) is 0. The van der Waals surface area contributed by atoms with Crippen LogP contribution >= 0.6 is 0 Å². The zero-order chi connectivity index (χ0) is 12.4. The fourth-order valence-corrected chi connectivity index (χ4v) is 1.94. The van der Waals surface area contributed by atoms with Gasteiger partial charge < -0.3 is 5.11 Å². The SMILES string of the molecule is CCCCc1ccc2c(c1)C(=O)C=C(O)C2=O. The van der Waals surface area contributed by atoms with Gasteiger partial charge in [-0.1, -0.05) is 19.4 Å². The van der Waals surface area contributed by atoms with E-state index in [2.05, 4.69) is 6.92 Å². The van der Waals surface area contributed by atoms with E-state index in [0.717, 1.165) is 30.9 Å². The van der Waals surface area contributed by atoms with Gasteiger partial charge in [0.05, 0.1) is 0 Å². The molecule has 1 aliphatic carbocycles. The van der Waals surface area contributed by atoms with E-state index in [9.17, 15) is 14.7 Å². The van der Waals surface area contributed by atoms with Crippen LogP contribution in [0.1, 0.15) is 46.0 Å². The first kappa shape index (κ1) is 11.6. The number of aliphatic hydroxyl groups is 1. The van der Waals surface area contributed by atoms with Crippen molar-refractivity contribution in [2.24, 2.45) is 0 Å². The van der Waals surface area contributed by atoms with E-state index in [1.54, 1.807) is 12.1 Å². The van der Waals surface area contributed by atoms with Crippen molar-refractivity contribution >= 4 is 11.6 Å². The third-order valence-corrected chi connectivity index (χ3v) is 2.91. The fraction of sp³-hybridized carbons (Fsp3) is 0.286. The Morgan fingerprint density at radius 2 is 1.94 bits per heavy atom. The Morgan fingerprint density at radius 3 is 2.65 bits per heavy atom. The minimum Gasteiger partial charge on any atom is -0.504 e. The van der Waals surface area contributed by atoms with Gasteiger partial charge in [0.2, 0.25) is 5.78 Å². The van der Waals surface area contributed by atoms with Crippen LogP contribution in [0.2, 0.25) is 0 Å². The zero-order valence-corrected chi connectivity index (χ0v) is 9.69. The number of fused-ring (bicyclic) bond motifs is 1. The van der Waals surface area contributed by atoms with E-state index in [0.29, 0.717) is 11.1 Å². The number of rotatable bonds is 3. The lowest BCUT2D eigenvalue weighted by Gasteiger charge is -2.12. The number of unbranched alkanes of at least 4 members (excludes halogenated alkanes) is 1. The Kier molecular flexibility index (Phi) is 3.09. The quantitative estimate of drug-likeness (QED) is 0.868. The van der Waals surface area contributed by atoms with Crippen molar-refractivity contribution in [1.82, 2.24) is 0 Å². The van der Waals surface area contributed by atoms with Crippen molar-refractivity contribution in [3.05, 3.63) is 46.7 Å². The lowest BCUT2D eigenvalue weighted by Crippen LogP contribution is -2.17. The molecule has 1 aromatic carbocycles. The number of Topliss-reactive ketones (excluding diaryl/α,β-unsaturated/α-hetero) is 1. The van der Waals surface area contributed by atoms with Crippen LogP contribution in [0.5, 0.6) is 0 Å². The van der Waals surface area contributed by atoms with Crippen LogP contribution in [0, 0.1) is 0 Å². The molecule has 0 spiro atoms. The van der Waals surface area contributed by atoms with Gasteiger partial charge in [0.15, 0.2) is 11.5 Å². The second kappa shape index (κ2) is 4.53. The number of aliphatic hydroxyl groups excluding tert-OH is 1. The number of ketones is 2. The number of carbonyl (C=O) groups is 2. The molecule has 3 heteroatoms. The molecule has 0 aliphatic heterocycles. The first-order valence-corrected chi connectivity index (χ1v) is 5.76. The van der Waals surface area contributed by atoms with Crippen LogP contribution in [-0.2, 0) is 6.42 Å². The molecule has 0 bridgehead atoms. The molecule has 0 saturated carbocycles. The summed E-state index contributed by atoms with van der Waals surface area (Å²) < 4.78 is 0. The molecule has 1 aromatic rings. The zero-order valence-electron chi connectivity index (χ0n) is 9.69. The number of hydrogen-bond donors (Lipinski definition) is 1. The molecule has 88 valence electrons. The van der Waals surface area contributed by atoms with Gasteiger partial charge in [-0.15, -0.1) is 0 Å². The summed E-state index contributed by atoms with van der Waals surface area (Å²) in [4.78, 5) is 23.3. The Hall–Kier alpha value is -1.90. The van der Waals surface area contributed by atoms with Crippen molar-refractivity contribution in [1.29, 1.82) is 0 Å². The van der Waals surface area contributed by atoms with Crippen LogP contribution in [0.15, 0.2) is 30.0 Å². The summed E-state index contributed by atoms with van der Waals surface area (Å²) >= 11 is 0. The molecule has 1 aliphatic rings. The molecule has 0 unspecified atom stereocenters. The van der Waals surface area contributed by atoms with E-state index in [-0.39, 0.29) is 5.78 Å². The highest BCUT2D eigenvalue weighted by Crippen LogP contribution is 2.22. The normalized spacial score (nSPS) is 14.5. The molecule has 0 aromatic heterocycles. The average Bonchev–Trinajstić information content (AvgIpc) is 2.33. The first-order chi connectivity index (χ1) is 8.13. The lowest BCUT2D eigenvalue weighted by molar-refractivity contribution is 0.0939. The summed E-state index contributed by atoms with van der Waals surface area (Å²) in [6.07, 6.45) is 4.04. The third-order valence-electron chi connectivity index (χ3n) is 2.91. The van der Waals surface area contributed by atoms with Crippen LogP contribution in [0.4, 0.5) is 0 Å². The predicted octanol–water partition coefficient (Wildman–Crippen LogP) is 2.85. The van der Waals surface area contributed by atoms with Gasteiger partial charge in [0, 0.05) is 17.2 Å². The van der Waals surface area contributed by atoms with Crippen LogP contribution < -0.4 is 0 Å². The highest BCUT2D eigenvalue weighted by Gasteiger charge is 2.25. The van der Waals surface area contributed by atoms with Crippen molar-refractivity contribution in [3.63, 3.8) is 0 Å². The monoisotopic (exact) mass is 230 g/mol. The van der Waals surface area contributed by atoms with Crippen LogP contribution in [-0.4, -0.2) is 16.7 Å². The molecule has 0 saturated heterocycles. The highest BCUT2D eigenvalue weighted by molar-refractivity contribution is 6.23. The first-order valence-electron chi connectivity index (χ1n) is 5.76. The predicted molar refractivity (Wildman–Crippen MR) is 64.4 cm³/mol. The lowest BCUT2D eigenvalue weighted by atomic mass is 9.91. The summed E-state index contributed by atoms with van der Waals surface area (Å²) in [5, 5.41) is 9.30. The van der Waals surface area contributed by atoms with Crippen molar-refractivity contribution in [2.75, 3.05) is 0 Å². The minimum atomic E-state index is -0.471. The largest absolute Gasteiger partial charge is 0.504 e. The summed E-state index contributed by atoms with van der Waals surface area (Å²) in [5.74, 6) is -1.24. The maximum absolute atomic E-state index is 11.7. The van der Waals surface area contributed by atoms with Gasteiger partial charge in [0.25, 0.3) is 0 Å². The highest BCUT2D eigenvalue weighted by atomic mass is 16.3. The third kappa shape index (κ3) is 2.13. The molecular formula is C14H14O3. The number of hydrogen-bond acceptors (Lipinski definition) is 3. The topological polar surface area (TPSA) is 54.4 Å². The van der Waals surface area contributed by atoms with Gasteiger partial charge in [0.1, 0.15) is 0 Å². The second-order valence-electron chi connectivity index (χ2n) is 4.21. The van der Waals surface area contributed by atoms with Crippen molar-refractivity contribution in [2.45, 2.75) is 26.2 Å². The van der Waals surface area contributed by atoms with Gasteiger partial charge >= 0.3 is 0 Å². The Bertz CT molecular complexity index is 512. The van der Waals surface area contributed by atoms with Crippen molar-refractivity contribution in [3.8, 4) is 0 Å². The fourth-order valence-electron chi connectivity index (χ4n) is 1.94. The molecule has 0 radical (unpaired) electrons. The molecule has 3 nitrogen and oxygen atoms in total. The summed E-state index contributed by atoms with van der Waals surface area (Å²) in [5.41, 5.74) is 1.76. The molecule has 0 fully saturated rings. The standard InChI is InChI=1S/C14H14O3/c1-2-3-4-9-5-6-10-11(7-9)12(15)8-13(16)14(10)17/h5-8,16H,2-4H2,1H3. The van der Waals surface area contributed by atoms with E-state index in [1.165, 1.54) is 0 Å². The van der Waals surface area contributed by atoms with Gasteiger partial charge in [-0.2, -0.15) is 0 Å². The van der Waals surface area contributed by atoms with Gasteiger partial charge in [-0.25, -0.2) is 0 Å². The van der Waals surface area contributed by atoms with E-state index >= 15 is 0 Å².